The Morgan fingerprint density at radius 2 is 1.74 bits per heavy atom. The number of hydrogen-bond donors (Lipinski definition) is 1. The summed E-state index contributed by atoms with van der Waals surface area (Å²) in [5, 5.41) is 2.79. The van der Waals surface area contributed by atoms with Crippen LogP contribution in [0, 0.1) is 12.7 Å². The zero-order valence-corrected chi connectivity index (χ0v) is 12.8. The van der Waals surface area contributed by atoms with E-state index in [-0.39, 0.29) is 11.7 Å². The fourth-order valence-electron chi connectivity index (χ4n) is 2.37. The van der Waals surface area contributed by atoms with Gasteiger partial charge in [-0.25, -0.2) is 9.38 Å². The minimum atomic E-state index is -0.301. The Balaban J connectivity index is 1.68. The van der Waals surface area contributed by atoms with Crippen molar-refractivity contribution in [3.05, 3.63) is 76.7 Å². The summed E-state index contributed by atoms with van der Waals surface area (Å²) < 4.78 is 12.9. The van der Waals surface area contributed by atoms with Gasteiger partial charge in [0.25, 0.3) is 5.91 Å². The molecule has 3 nitrogen and oxygen atoms in total. The van der Waals surface area contributed by atoms with E-state index in [1.54, 1.807) is 18.2 Å². The lowest BCUT2D eigenvalue weighted by atomic mass is 10.1. The number of carbonyl (C=O) groups is 1. The van der Waals surface area contributed by atoms with Crippen LogP contribution in [0.15, 0.2) is 59.2 Å². The van der Waals surface area contributed by atoms with Gasteiger partial charge >= 0.3 is 0 Å². The van der Waals surface area contributed by atoms with Gasteiger partial charge in [0, 0.05) is 6.42 Å². The second-order valence-electron chi connectivity index (χ2n) is 5.58. The molecule has 1 aliphatic rings. The topological polar surface area (TPSA) is 41.5 Å². The van der Waals surface area contributed by atoms with Gasteiger partial charge in [-0.1, -0.05) is 42.0 Å². The summed E-state index contributed by atoms with van der Waals surface area (Å²) in [7, 11) is 0. The van der Waals surface area contributed by atoms with Gasteiger partial charge in [-0.05, 0) is 42.7 Å². The number of carbonyl (C=O) groups excluding carboxylic acids is 1. The van der Waals surface area contributed by atoms with Crippen molar-refractivity contribution in [1.29, 1.82) is 0 Å². The minimum absolute atomic E-state index is 0.215. The molecule has 1 N–H and O–H groups in total. The molecule has 0 unspecified atom stereocenters. The van der Waals surface area contributed by atoms with Gasteiger partial charge < -0.3 is 5.32 Å². The van der Waals surface area contributed by atoms with Crippen LogP contribution in [0.3, 0.4) is 0 Å². The highest BCUT2D eigenvalue weighted by Gasteiger charge is 2.19. The summed E-state index contributed by atoms with van der Waals surface area (Å²) in [6, 6.07) is 14.3. The third-order valence-corrected chi connectivity index (χ3v) is 3.69. The molecule has 0 atom stereocenters. The monoisotopic (exact) mass is 308 g/mol. The summed E-state index contributed by atoms with van der Waals surface area (Å²) in [6.45, 7) is 2.05. The first-order valence-corrected chi connectivity index (χ1v) is 7.52. The van der Waals surface area contributed by atoms with E-state index in [0.717, 1.165) is 12.0 Å². The van der Waals surface area contributed by atoms with Crippen LogP contribution in [-0.4, -0.2) is 11.7 Å². The van der Waals surface area contributed by atoms with Gasteiger partial charge in [-0.15, -0.1) is 0 Å². The first-order chi connectivity index (χ1) is 11.1. The SMILES string of the molecule is Cc1ccc(CCC2=N/C(=C/c3ccc(F)cc3)C(=O)N2)cc1. The molecule has 23 heavy (non-hydrogen) atoms. The number of nitrogens with one attached hydrogen (secondary N) is 1. The van der Waals surface area contributed by atoms with Gasteiger partial charge in [0.15, 0.2) is 0 Å². The van der Waals surface area contributed by atoms with Crippen molar-refractivity contribution >= 4 is 17.8 Å². The van der Waals surface area contributed by atoms with E-state index < -0.39 is 0 Å². The summed E-state index contributed by atoms with van der Waals surface area (Å²) >= 11 is 0. The van der Waals surface area contributed by atoms with E-state index in [1.807, 2.05) is 0 Å². The molecule has 0 aromatic heterocycles. The molecule has 4 heteroatoms. The number of aryl methyl sites for hydroxylation is 2. The van der Waals surface area contributed by atoms with E-state index >= 15 is 0 Å². The van der Waals surface area contributed by atoms with Gasteiger partial charge in [0.2, 0.25) is 0 Å². The molecule has 1 amide bonds. The first kappa shape index (κ1) is 15.2. The highest BCUT2D eigenvalue weighted by Crippen LogP contribution is 2.15. The van der Waals surface area contributed by atoms with Crippen molar-refractivity contribution in [3.63, 3.8) is 0 Å². The van der Waals surface area contributed by atoms with Crippen LogP contribution in [0.2, 0.25) is 0 Å². The molecular weight excluding hydrogens is 291 g/mol. The van der Waals surface area contributed by atoms with Gasteiger partial charge in [0.1, 0.15) is 17.3 Å². The second-order valence-corrected chi connectivity index (χ2v) is 5.58. The van der Waals surface area contributed by atoms with Crippen molar-refractivity contribution in [1.82, 2.24) is 5.32 Å². The van der Waals surface area contributed by atoms with Crippen molar-refractivity contribution < 1.29 is 9.18 Å². The van der Waals surface area contributed by atoms with E-state index in [1.165, 1.54) is 23.3 Å². The zero-order chi connectivity index (χ0) is 16.2. The maximum Gasteiger partial charge on any atom is 0.275 e. The first-order valence-electron chi connectivity index (χ1n) is 7.52. The summed E-state index contributed by atoms with van der Waals surface area (Å²) in [5.41, 5.74) is 3.55. The van der Waals surface area contributed by atoms with E-state index in [4.69, 9.17) is 0 Å². The molecule has 0 aliphatic carbocycles. The molecule has 0 spiro atoms. The number of amides is 1. The Hall–Kier alpha value is -2.75. The molecule has 0 bridgehead atoms. The quantitative estimate of drug-likeness (QED) is 0.861. The van der Waals surface area contributed by atoms with E-state index in [2.05, 4.69) is 41.5 Å². The lowest BCUT2D eigenvalue weighted by Gasteiger charge is -2.02. The van der Waals surface area contributed by atoms with Crippen molar-refractivity contribution in [3.8, 4) is 0 Å². The minimum Gasteiger partial charge on any atom is -0.309 e. The number of rotatable bonds is 4. The Morgan fingerprint density at radius 1 is 1.04 bits per heavy atom. The average molecular weight is 308 g/mol. The molecule has 3 rings (SSSR count). The predicted octanol–water partition coefficient (Wildman–Crippen LogP) is 3.64. The maximum absolute atomic E-state index is 12.9. The molecule has 0 saturated carbocycles. The average Bonchev–Trinajstić information content (AvgIpc) is 2.89. The van der Waals surface area contributed by atoms with Crippen LogP contribution in [0.4, 0.5) is 4.39 Å². The molecule has 2 aromatic carbocycles. The fourth-order valence-corrected chi connectivity index (χ4v) is 2.37. The molecular formula is C19H17FN2O. The van der Waals surface area contributed by atoms with Gasteiger partial charge in [-0.3, -0.25) is 4.79 Å². The highest BCUT2D eigenvalue weighted by molar-refractivity contribution is 6.14. The van der Waals surface area contributed by atoms with Crippen LogP contribution in [0.1, 0.15) is 23.1 Å². The Morgan fingerprint density at radius 3 is 2.43 bits per heavy atom. The van der Waals surface area contributed by atoms with Crippen LogP contribution in [-0.2, 0) is 11.2 Å². The van der Waals surface area contributed by atoms with Gasteiger partial charge in [0.05, 0.1) is 0 Å². The lowest BCUT2D eigenvalue weighted by Crippen LogP contribution is -2.24. The molecule has 1 aliphatic heterocycles. The number of benzene rings is 2. The Labute approximate surface area is 134 Å². The van der Waals surface area contributed by atoms with Crippen LogP contribution in [0.5, 0.6) is 0 Å². The fraction of sp³-hybridized carbons (Fsp3) is 0.158. The maximum atomic E-state index is 12.9. The second kappa shape index (κ2) is 6.57. The number of hydrogen-bond acceptors (Lipinski definition) is 2. The Bertz CT molecular complexity index is 774. The highest BCUT2D eigenvalue weighted by atomic mass is 19.1. The third-order valence-electron chi connectivity index (χ3n) is 3.69. The number of amidine groups is 1. The predicted molar refractivity (Wildman–Crippen MR) is 89.5 cm³/mol. The van der Waals surface area contributed by atoms with Crippen molar-refractivity contribution in [2.45, 2.75) is 19.8 Å². The van der Waals surface area contributed by atoms with Crippen LogP contribution < -0.4 is 5.32 Å². The summed E-state index contributed by atoms with van der Waals surface area (Å²) in [5.74, 6) is 0.155. The number of halogens is 1. The number of nitrogens with zero attached hydrogens (tertiary/aromatic N) is 1. The molecule has 1 heterocycles. The largest absolute Gasteiger partial charge is 0.309 e. The molecule has 2 aromatic rings. The summed E-state index contributed by atoms with van der Waals surface area (Å²) in [4.78, 5) is 16.3. The smallest absolute Gasteiger partial charge is 0.275 e. The molecule has 0 saturated heterocycles. The van der Waals surface area contributed by atoms with E-state index in [0.29, 0.717) is 18.0 Å². The van der Waals surface area contributed by atoms with Crippen molar-refractivity contribution in [2.75, 3.05) is 0 Å². The number of aliphatic imine (C=N–C) groups is 1. The van der Waals surface area contributed by atoms with Crippen LogP contribution in [0.25, 0.3) is 6.08 Å². The van der Waals surface area contributed by atoms with Gasteiger partial charge in [-0.2, -0.15) is 0 Å². The Kier molecular flexibility index (Phi) is 4.33. The third kappa shape index (κ3) is 3.92. The normalized spacial score (nSPS) is 15.7. The molecule has 0 radical (unpaired) electrons. The van der Waals surface area contributed by atoms with Crippen LogP contribution >= 0.6 is 0 Å². The van der Waals surface area contributed by atoms with E-state index in [9.17, 15) is 9.18 Å². The lowest BCUT2D eigenvalue weighted by molar-refractivity contribution is -0.115. The van der Waals surface area contributed by atoms with Crippen molar-refractivity contribution in [2.24, 2.45) is 4.99 Å². The summed E-state index contributed by atoms with van der Waals surface area (Å²) in [6.07, 6.45) is 3.16. The molecule has 116 valence electrons. The standard InChI is InChI=1S/C19H17FN2O/c1-13-2-4-14(5-3-13)8-11-18-21-17(19(23)22-18)12-15-6-9-16(20)10-7-15/h2-7,9-10,12H,8,11H2,1H3,(H,21,22,23)/b17-12+. The molecule has 0 fully saturated rings. The zero-order valence-electron chi connectivity index (χ0n) is 12.8.